The van der Waals surface area contributed by atoms with E-state index < -0.39 is 11.7 Å². The summed E-state index contributed by atoms with van der Waals surface area (Å²) < 4.78 is 13.4. The molecule has 7 nitrogen and oxygen atoms in total. The van der Waals surface area contributed by atoms with E-state index in [2.05, 4.69) is 0 Å². The second kappa shape index (κ2) is 7.65. The van der Waals surface area contributed by atoms with E-state index in [1.165, 1.54) is 6.07 Å². The minimum Gasteiger partial charge on any atom is -0.480 e. The summed E-state index contributed by atoms with van der Waals surface area (Å²) in [7, 11) is 0. The summed E-state index contributed by atoms with van der Waals surface area (Å²) in [6.45, 7) is 7.33. The van der Waals surface area contributed by atoms with Crippen LogP contribution in [0.5, 0.6) is 5.75 Å². The van der Waals surface area contributed by atoms with Crippen LogP contribution in [0.2, 0.25) is 0 Å². The second-order valence-corrected chi connectivity index (χ2v) is 9.09. The van der Waals surface area contributed by atoms with Crippen LogP contribution in [0, 0.1) is 19.8 Å². The first kappa shape index (κ1) is 20.5. The van der Waals surface area contributed by atoms with Gasteiger partial charge in [0.2, 0.25) is 0 Å². The molecule has 0 radical (unpaired) electrons. The third kappa shape index (κ3) is 3.51. The first-order valence-corrected chi connectivity index (χ1v) is 11.0. The van der Waals surface area contributed by atoms with Crippen LogP contribution in [-0.4, -0.2) is 34.6 Å². The molecule has 1 amide bonds. The molecule has 2 aliphatic heterocycles. The number of hydrogen-bond acceptors (Lipinski definition) is 5. The van der Waals surface area contributed by atoms with Gasteiger partial charge < -0.3 is 18.6 Å². The van der Waals surface area contributed by atoms with Gasteiger partial charge in [0.1, 0.15) is 11.3 Å². The number of hydrogen-bond donors (Lipinski definition) is 0. The van der Waals surface area contributed by atoms with Crippen molar-refractivity contribution >= 4 is 16.9 Å². The van der Waals surface area contributed by atoms with Crippen molar-refractivity contribution in [3.8, 4) is 5.75 Å². The maximum absolute atomic E-state index is 13.3. The van der Waals surface area contributed by atoms with Crippen molar-refractivity contribution in [3.63, 3.8) is 0 Å². The topological polar surface area (TPSA) is 81.8 Å². The van der Waals surface area contributed by atoms with Gasteiger partial charge in [0.05, 0.1) is 5.39 Å². The summed E-state index contributed by atoms with van der Waals surface area (Å²) in [5.41, 5.74) is 2.72. The highest BCUT2D eigenvalue weighted by Crippen LogP contribution is 2.36. The number of aromatic nitrogens is 1. The van der Waals surface area contributed by atoms with E-state index in [0.717, 1.165) is 23.2 Å². The Morgan fingerprint density at radius 2 is 1.94 bits per heavy atom. The Balaban J connectivity index is 1.40. The number of rotatable bonds is 3. The number of carbonyl (C=O) groups excluding carboxylic acids is 1. The van der Waals surface area contributed by atoms with Gasteiger partial charge in [-0.15, -0.1) is 0 Å². The Labute approximate surface area is 185 Å². The fourth-order valence-electron chi connectivity index (χ4n) is 5.24. The highest BCUT2D eigenvalue weighted by Gasteiger charge is 2.37. The summed E-state index contributed by atoms with van der Waals surface area (Å²) in [5, 5.41) is 0.707. The molecular formula is C25H26N2O5. The number of aryl methyl sites for hydroxylation is 2. The van der Waals surface area contributed by atoms with Crippen molar-refractivity contribution in [1.29, 1.82) is 0 Å². The minimum atomic E-state index is -0.692. The van der Waals surface area contributed by atoms with Crippen LogP contribution in [0.1, 0.15) is 36.1 Å². The smallest absolute Gasteiger partial charge is 0.336 e. The lowest BCUT2D eigenvalue weighted by molar-refractivity contribution is -0.140. The maximum atomic E-state index is 13.3. The summed E-state index contributed by atoms with van der Waals surface area (Å²) in [6.07, 6.45) is 0.298. The predicted molar refractivity (Wildman–Crippen MR) is 120 cm³/mol. The van der Waals surface area contributed by atoms with Gasteiger partial charge in [-0.2, -0.15) is 0 Å². The van der Waals surface area contributed by atoms with Crippen LogP contribution >= 0.6 is 0 Å². The molecule has 32 heavy (non-hydrogen) atoms. The molecule has 0 aliphatic carbocycles. The molecule has 3 aromatic rings. The Hall–Kier alpha value is -3.35. The van der Waals surface area contributed by atoms with Gasteiger partial charge in [0.25, 0.3) is 11.5 Å². The normalized spacial score (nSPS) is 20.7. The lowest BCUT2D eigenvalue weighted by Gasteiger charge is -2.43. The van der Waals surface area contributed by atoms with E-state index in [1.807, 2.05) is 35.4 Å². The number of nitrogens with zero attached hydrogens (tertiary/aromatic N) is 2. The van der Waals surface area contributed by atoms with E-state index in [4.69, 9.17) is 9.15 Å². The first-order chi connectivity index (χ1) is 15.3. The molecule has 0 unspecified atom stereocenters. The average molecular weight is 434 g/mol. The maximum Gasteiger partial charge on any atom is 0.336 e. The molecule has 0 spiro atoms. The van der Waals surface area contributed by atoms with Gasteiger partial charge >= 0.3 is 5.63 Å². The number of ether oxygens (including phenoxy) is 1. The number of fused-ring (bicyclic) bond motifs is 5. The van der Waals surface area contributed by atoms with Crippen molar-refractivity contribution in [2.24, 2.45) is 5.92 Å². The molecule has 2 aliphatic rings. The van der Waals surface area contributed by atoms with Gasteiger partial charge in [-0.05, 0) is 62.4 Å². The van der Waals surface area contributed by atoms with Gasteiger partial charge in [0.15, 0.2) is 6.10 Å². The standard InChI is InChI=1S/C25H26N2O5/c1-14-7-20(24-15(2)9-23(29)32-21(24)8-14)31-16(3)25(30)26-11-17-10-18(13-26)19-5-4-6-22(28)27(19)12-17/h4-9,16-18H,10-13H2,1-3H3/t16-,17-,18+/m1/s1. The molecule has 1 saturated heterocycles. The van der Waals surface area contributed by atoms with Crippen molar-refractivity contribution in [3.05, 3.63) is 74.0 Å². The van der Waals surface area contributed by atoms with E-state index in [0.29, 0.717) is 36.4 Å². The molecule has 0 saturated carbocycles. The average Bonchev–Trinajstić information content (AvgIpc) is 2.73. The zero-order valence-electron chi connectivity index (χ0n) is 18.5. The Morgan fingerprint density at radius 1 is 1.12 bits per heavy atom. The van der Waals surface area contributed by atoms with Crippen LogP contribution in [0.25, 0.3) is 11.0 Å². The van der Waals surface area contributed by atoms with Crippen molar-refractivity contribution < 1.29 is 13.9 Å². The highest BCUT2D eigenvalue weighted by molar-refractivity contribution is 5.88. The predicted octanol–water partition coefficient (Wildman–Crippen LogP) is 2.98. The van der Waals surface area contributed by atoms with Crippen LogP contribution in [0.3, 0.4) is 0 Å². The highest BCUT2D eigenvalue weighted by atomic mass is 16.5. The molecule has 166 valence electrons. The summed E-state index contributed by atoms with van der Waals surface area (Å²) in [6, 6.07) is 10.5. The van der Waals surface area contributed by atoms with Crippen molar-refractivity contribution in [2.75, 3.05) is 13.1 Å². The Morgan fingerprint density at radius 3 is 2.75 bits per heavy atom. The molecule has 1 aromatic carbocycles. The van der Waals surface area contributed by atoms with E-state index in [-0.39, 0.29) is 23.3 Å². The lowest BCUT2D eigenvalue weighted by Crippen LogP contribution is -2.52. The molecule has 2 aromatic heterocycles. The lowest BCUT2D eigenvalue weighted by atomic mass is 9.83. The molecular weight excluding hydrogens is 408 g/mol. The molecule has 1 fully saturated rings. The summed E-state index contributed by atoms with van der Waals surface area (Å²) in [4.78, 5) is 39.2. The molecule has 4 heterocycles. The second-order valence-electron chi connectivity index (χ2n) is 9.09. The van der Waals surface area contributed by atoms with Gasteiger partial charge in [-0.1, -0.05) is 6.07 Å². The molecule has 7 heteroatoms. The fraction of sp³-hybridized carbons (Fsp3) is 0.400. The number of pyridine rings is 1. The number of carbonyl (C=O) groups is 1. The van der Waals surface area contributed by atoms with Crippen LogP contribution in [0.15, 0.2) is 50.4 Å². The third-order valence-corrected chi connectivity index (χ3v) is 6.59. The van der Waals surface area contributed by atoms with E-state index in [1.54, 1.807) is 25.1 Å². The van der Waals surface area contributed by atoms with Crippen molar-refractivity contribution in [1.82, 2.24) is 9.47 Å². The zero-order chi connectivity index (χ0) is 22.6. The van der Waals surface area contributed by atoms with Gasteiger partial charge in [-0.3, -0.25) is 9.59 Å². The van der Waals surface area contributed by atoms with Crippen LogP contribution in [-0.2, 0) is 11.3 Å². The number of piperidine rings is 1. The molecule has 3 atom stereocenters. The number of amides is 1. The van der Waals surface area contributed by atoms with Gasteiger partial charge in [0, 0.05) is 43.4 Å². The monoisotopic (exact) mass is 434 g/mol. The molecule has 0 N–H and O–H groups in total. The largest absolute Gasteiger partial charge is 0.480 e. The van der Waals surface area contributed by atoms with Crippen LogP contribution in [0.4, 0.5) is 0 Å². The van der Waals surface area contributed by atoms with Crippen LogP contribution < -0.4 is 15.9 Å². The summed E-state index contributed by atoms with van der Waals surface area (Å²) >= 11 is 0. The fourth-order valence-corrected chi connectivity index (χ4v) is 5.24. The molecule has 5 rings (SSSR count). The van der Waals surface area contributed by atoms with E-state index in [9.17, 15) is 14.4 Å². The first-order valence-electron chi connectivity index (χ1n) is 11.0. The van der Waals surface area contributed by atoms with Gasteiger partial charge in [-0.25, -0.2) is 4.79 Å². The third-order valence-electron chi connectivity index (χ3n) is 6.59. The number of likely N-dealkylation sites (tertiary alicyclic amines) is 1. The Bertz CT molecular complexity index is 1340. The number of benzene rings is 1. The minimum absolute atomic E-state index is 0.0297. The zero-order valence-corrected chi connectivity index (χ0v) is 18.5. The quantitative estimate of drug-likeness (QED) is 0.592. The molecule has 2 bridgehead atoms. The SMILES string of the molecule is Cc1cc(O[C@H](C)C(=O)N2C[C@H]3C[C@@H](C2)c2cccc(=O)n2C3)c2c(C)cc(=O)oc2c1. The van der Waals surface area contributed by atoms with E-state index >= 15 is 0 Å². The Kier molecular flexibility index (Phi) is 4.92. The summed E-state index contributed by atoms with van der Waals surface area (Å²) in [5.74, 6) is 0.880. The van der Waals surface area contributed by atoms with Crippen molar-refractivity contribution in [2.45, 2.75) is 45.8 Å².